The highest BCUT2D eigenvalue weighted by atomic mass is 127. The Kier molecular flexibility index (Phi) is 10.8. The first-order valence-corrected chi connectivity index (χ1v) is 12.2. The van der Waals surface area contributed by atoms with Gasteiger partial charge in [-0.3, -0.25) is 14.4 Å². The van der Waals surface area contributed by atoms with Gasteiger partial charge in [-0.05, 0) is 65.1 Å². The second kappa shape index (κ2) is 13.3. The molecule has 8 heteroatoms. The molecule has 0 radical (unpaired) electrons. The van der Waals surface area contributed by atoms with Crippen LogP contribution in [0.2, 0.25) is 0 Å². The fraction of sp³-hybridized carbons (Fsp3) is 0.400. The van der Waals surface area contributed by atoms with Crippen LogP contribution >= 0.6 is 22.6 Å². The van der Waals surface area contributed by atoms with Crippen molar-refractivity contribution in [2.24, 2.45) is 11.7 Å². The minimum Gasteiger partial charge on any atom is -0.350 e. The SMILES string of the molecule is CC(C)C[C@@H](N)C(=O)N[C@H](C)C(=O)N[C@@H](Cc1ccccc1)C(=O)NCc1cccc(I)c1. The molecule has 3 amide bonds. The smallest absolute Gasteiger partial charge is 0.243 e. The van der Waals surface area contributed by atoms with E-state index in [2.05, 4.69) is 38.5 Å². The topological polar surface area (TPSA) is 113 Å². The molecular weight excluding hydrogens is 531 g/mol. The molecule has 0 aliphatic heterocycles. The number of hydrogen-bond donors (Lipinski definition) is 4. The van der Waals surface area contributed by atoms with Gasteiger partial charge >= 0.3 is 0 Å². The van der Waals surface area contributed by atoms with Gasteiger partial charge in [0.05, 0.1) is 6.04 Å². The molecule has 0 aliphatic rings. The molecule has 2 rings (SSSR count). The lowest BCUT2D eigenvalue weighted by molar-refractivity contribution is -0.132. The number of benzene rings is 2. The number of nitrogens with one attached hydrogen (secondary N) is 3. The van der Waals surface area contributed by atoms with E-state index in [1.807, 2.05) is 68.4 Å². The summed E-state index contributed by atoms with van der Waals surface area (Å²) in [7, 11) is 0. The summed E-state index contributed by atoms with van der Waals surface area (Å²) >= 11 is 2.22. The third kappa shape index (κ3) is 9.51. The largest absolute Gasteiger partial charge is 0.350 e. The second-order valence-corrected chi connectivity index (χ2v) is 9.81. The van der Waals surface area contributed by atoms with E-state index in [9.17, 15) is 14.4 Å². The Morgan fingerprint density at radius 2 is 1.55 bits per heavy atom. The van der Waals surface area contributed by atoms with E-state index in [-0.39, 0.29) is 17.7 Å². The van der Waals surface area contributed by atoms with Gasteiger partial charge in [0.15, 0.2) is 0 Å². The number of carbonyl (C=O) groups excluding carboxylic acids is 3. The lowest BCUT2D eigenvalue weighted by Gasteiger charge is -2.22. The van der Waals surface area contributed by atoms with Crippen LogP contribution in [0.5, 0.6) is 0 Å². The van der Waals surface area contributed by atoms with Crippen molar-refractivity contribution in [1.29, 1.82) is 0 Å². The van der Waals surface area contributed by atoms with Crippen molar-refractivity contribution in [1.82, 2.24) is 16.0 Å². The van der Waals surface area contributed by atoms with Crippen molar-refractivity contribution in [2.45, 2.75) is 58.3 Å². The van der Waals surface area contributed by atoms with Gasteiger partial charge in [-0.1, -0.05) is 56.3 Å². The van der Waals surface area contributed by atoms with E-state index >= 15 is 0 Å². The predicted molar refractivity (Wildman–Crippen MR) is 138 cm³/mol. The minimum absolute atomic E-state index is 0.265. The maximum atomic E-state index is 13.0. The molecule has 0 bridgehead atoms. The molecule has 0 fully saturated rings. The molecular formula is C25H33IN4O3. The first-order chi connectivity index (χ1) is 15.7. The van der Waals surface area contributed by atoms with E-state index in [0.717, 1.165) is 14.7 Å². The van der Waals surface area contributed by atoms with E-state index in [1.54, 1.807) is 6.92 Å². The van der Waals surface area contributed by atoms with Gasteiger partial charge in [0.1, 0.15) is 12.1 Å². The monoisotopic (exact) mass is 564 g/mol. The summed E-state index contributed by atoms with van der Waals surface area (Å²) in [5.74, 6) is -0.845. The first kappa shape index (κ1) is 26.8. The zero-order chi connectivity index (χ0) is 24.4. The summed E-state index contributed by atoms with van der Waals surface area (Å²) in [6.07, 6.45) is 0.857. The molecule has 5 N–H and O–H groups in total. The van der Waals surface area contributed by atoms with Gasteiger partial charge < -0.3 is 21.7 Å². The van der Waals surface area contributed by atoms with Crippen LogP contribution in [0.25, 0.3) is 0 Å². The molecule has 0 heterocycles. The predicted octanol–water partition coefficient (Wildman–Crippen LogP) is 2.51. The lowest BCUT2D eigenvalue weighted by Crippen LogP contribution is -2.55. The molecule has 7 nitrogen and oxygen atoms in total. The molecule has 0 unspecified atom stereocenters. The van der Waals surface area contributed by atoms with Crippen molar-refractivity contribution < 1.29 is 14.4 Å². The molecule has 2 aromatic carbocycles. The maximum Gasteiger partial charge on any atom is 0.243 e. The molecule has 0 aliphatic carbocycles. The molecule has 2 aromatic rings. The summed E-state index contributed by atoms with van der Waals surface area (Å²) in [6, 6.07) is 15.0. The highest BCUT2D eigenvalue weighted by Crippen LogP contribution is 2.09. The zero-order valence-electron chi connectivity index (χ0n) is 19.3. The normalized spacial score (nSPS) is 13.6. The van der Waals surface area contributed by atoms with Gasteiger partial charge in [-0.15, -0.1) is 0 Å². The van der Waals surface area contributed by atoms with E-state index in [4.69, 9.17) is 5.73 Å². The number of halogens is 1. The van der Waals surface area contributed by atoms with Gasteiger partial charge in [-0.2, -0.15) is 0 Å². The number of carbonyl (C=O) groups is 3. The van der Waals surface area contributed by atoms with Crippen molar-refractivity contribution in [2.75, 3.05) is 0 Å². The fourth-order valence-electron chi connectivity index (χ4n) is 3.32. The van der Waals surface area contributed by atoms with Crippen molar-refractivity contribution in [3.63, 3.8) is 0 Å². The Morgan fingerprint density at radius 1 is 0.879 bits per heavy atom. The standard InChI is InChI=1S/C25H33IN4O3/c1-16(2)12-21(27)24(32)29-17(3)23(31)30-22(14-18-8-5-4-6-9-18)25(33)28-15-19-10-7-11-20(26)13-19/h4-11,13,16-17,21-22H,12,14-15,27H2,1-3H3,(H,28,33)(H,29,32)(H,30,31)/t17-,21-,22+/m1/s1. The second-order valence-electron chi connectivity index (χ2n) is 8.56. The average molecular weight is 564 g/mol. The molecule has 3 atom stereocenters. The summed E-state index contributed by atoms with van der Waals surface area (Å²) < 4.78 is 1.08. The van der Waals surface area contributed by atoms with Crippen LogP contribution in [-0.2, 0) is 27.3 Å². The zero-order valence-corrected chi connectivity index (χ0v) is 21.5. The van der Waals surface area contributed by atoms with Crippen LogP contribution in [0, 0.1) is 9.49 Å². The Hall–Kier alpha value is -2.46. The summed E-state index contributed by atoms with van der Waals surface area (Å²) in [6.45, 7) is 5.89. The molecule has 0 spiro atoms. The number of nitrogens with two attached hydrogens (primary N) is 1. The highest BCUT2D eigenvalue weighted by Gasteiger charge is 2.26. The van der Waals surface area contributed by atoms with E-state index in [0.29, 0.717) is 19.4 Å². The summed E-state index contributed by atoms with van der Waals surface area (Å²) in [5.41, 5.74) is 7.81. The molecule has 0 aromatic heterocycles. The first-order valence-electron chi connectivity index (χ1n) is 11.1. The van der Waals surface area contributed by atoms with Crippen molar-refractivity contribution in [3.05, 3.63) is 69.3 Å². The molecule has 178 valence electrons. The van der Waals surface area contributed by atoms with Crippen LogP contribution in [0.3, 0.4) is 0 Å². The Morgan fingerprint density at radius 3 is 2.18 bits per heavy atom. The van der Waals surface area contributed by atoms with E-state index in [1.165, 1.54) is 0 Å². The molecule has 0 saturated heterocycles. The van der Waals surface area contributed by atoms with Gasteiger partial charge in [0.2, 0.25) is 17.7 Å². The molecule has 0 saturated carbocycles. The van der Waals surface area contributed by atoms with Crippen LogP contribution in [-0.4, -0.2) is 35.8 Å². The Labute approximate surface area is 209 Å². The Bertz CT molecular complexity index is 936. The minimum atomic E-state index is -0.822. The van der Waals surface area contributed by atoms with Gasteiger partial charge in [-0.25, -0.2) is 0 Å². The van der Waals surface area contributed by atoms with Crippen molar-refractivity contribution >= 4 is 40.3 Å². The van der Waals surface area contributed by atoms with E-state index < -0.39 is 24.0 Å². The molecule has 33 heavy (non-hydrogen) atoms. The highest BCUT2D eigenvalue weighted by molar-refractivity contribution is 14.1. The summed E-state index contributed by atoms with van der Waals surface area (Å²) in [5, 5.41) is 8.35. The van der Waals surface area contributed by atoms with Crippen LogP contribution < -0.4 is 21.7 Å². The van der Waals surface area contributed by atoms with Gasteiger partial charge in [0.25, 0.3) is 0 Å². The third-order valence-electron chi connectivity index (χ3n) is 5.09. The Balaban J connectivity index is 2.03. The quantitative estimate of drug-likeness (QED) is 0.314. The lowest BCUT2D eigenvalue weighted by atomic mass is 10.0. The fourth-order valence-corrected chi connectivity index (χ4v) is 3.92. The third-order valence-corrected chi connectivity index (χ3v) is 5.76. The van der Waals surface area contributed by atoms with Crippen LogP contribution in [0.15, 0.2) is 54.6 Å². The maximum absolute atomic E-state index is 13.0. The number of amides is 3. The summed E-state index contributed by atoms with van der Waals surface area (Å²) in [4.78, 5) is 38.1. The van der Waals surface area contributed by atoms with Crippen LogP contribution in [0.4, 0.5) is 0 Å². The van der Waals surface area contributed by atoms with Gasteiger partial charge in [0, 0.05) is 16.5 Å². The average Bonchev–Trinajstić information content (AvgIpc) is 2.77. The number of hydrogen-bond acceptors (Lipinski definition) is 4. The number of rotatable bonds is 11. The van der Waals surface area contributed by atoms with Crippen LogP contribution in [0.1, 0.15) is 38.3 Å². The van der Waals surface area contributed by atoms with Crippen molar-refractivity contribution in [3.8, 4) is 0 Å².